The Morgan fingerprint density at radius 3 is 2.75 bits per heavy atom. The van der Waals surface area contributed by atoms with Crippen LogP contribution in [-0.2, 0) is 0 Å². The van der Waals surface area contributed by atoms with E-state index in [-0.39, 0.29) is 0 Å². The van der Waals surface area contributed by atoms with Crippen LogP contribution in [0.5, 0.6) is 0 Å². The maximum Gasteiger partial charge on any atom is 0.155 e. The van der Waals surface area contributed by atoms with E-state index in [0.717, 1.165) is 35.0 Å². The minimum atomic E-state index is 0.514. The molecular formula is C11H16ClN3S. The molecule has 1 aromatic rings. The Labute approximate surface area is 106 Å². The maximum absolute atomic E-state index is 5.96. The first-order chi connectivity index (χ1) is 7.61. The Bertz CT molecular complexity index is 397. The molecule has 1 fully saturated rings. The monoisotopic (exact) mass is 257 g/mol. The fourth-order valence-corrected chi connectivity index (χ4v) is 3.07. The van der Waals surface area contributed by atoms with Crippen molar-refractivity contribution in [2.45, 2.75) is 26.8 Å². The van der Waals surface area contributed by atoms with Gasteiger partial charge >= 0.3 is 0 Å². The Balaban J connectivity index is 2.36. The molecule has 1 atom stereocenters. The molecule has 3 nitrogen and oxygen atoms in total. The lowest BCUT2D eigenvalue weighted by atomic mass is 10.1. The molecular weight excluding hydrogens is 242 g/mol. The molecule has 16 heavy (non-hydrogen) atoms. The van der Waals surface area contributed by atoms with Crippen LogP contribution in [0.2, 0.25) is 5.15 Å². The summed E-state index contributed by atoms with van der Waals surface area (Å²) in [6.07, 6.45) is 0. The lowest BCUT2D eigenvalue weighted by Crippen LogP contribution is -2.41. The van der Waals surface area contributed by atoms with E-state index in [2.05, 4.69) is 28.9 Å². The van der Waals surface area contributed by atoms with E-state index in [1.807, 2.05) is 18.7 Å². The number of hydrogen-bond acceptors (Lipinski definition) is 4. The van der Waals surface area contributed by atoms with Gasteiger partial charge in [0.25, 0.3) is 0 Å². The van der Waals surface area contributed by atoms with Gasteiger partial charge in [-0.25, -0.2) is 0 Å². The smallest absolute Gasteiger partial charge is 0.155 e. The molecule has 0 N–H and O–H groups in total. The van der Waals surface area contributed by atoms with Gasteiger partial charge in [0.1, 0.15) is 0 Å². The van der Waals surface area contributed by atoms with E-state index in [1.54, 1.807) is 0 Å². The van der Waals surface area contributed by atoms with Crippen LogP contribution in [0.3, 0.4) is 0 Å². The van der Waals surface area contributed by atoms with E-state index >= 15 is 0 Å². The van der Waals surface area contributed by atoms with Crippen molar-refractivity contribution in [3.8, 4) is 0 Å². The van der Waals surface area contributed by atoms with E-state index in [9.17, 15) is 0 Å². The molecule has 1 aliphatic heterocycles. The highest BCUT2D eigenvalue weighted by Crippen LogP contribution is 2.28. The quantitative estimate of drug-likeness (QED) is 0.774. The summed E-state index contributed by atoms with van der Waals surface area (Å²) < 4.78 is 0. The lowest BCUT2D eigenvalue weighted by Gasteiger charge is -2.34. The van der Waals surface area contributed by atoms with Gasteiger partial charge in [0, 0.05) is 24.1 Å². The van der Waals surface area contributed by atoms with Crippen molar-refractivity contribution in [3.05, 3.63) is 16.3 Å². The number of thioether (sulfide) groups is 1. The van der Waals surface area contributed by atoms with Crippen LogP contribution in [0.15, 0.2) is 0 Å². The average molecular weight is 258 g/mol. The summed E-state index contributed by atoms with van der Waals surface area (Å²) in [5.74, 6) is 3.31. The van der Waals surface area contributed by atoms with Crippen molar-refractivity contribution in [1.29, 1.82) is 0 Å². The summed E-state index contributed by atoms with van der Waals surface area (Å²) in [4.78, 5) is 2.34. The predicted octanol–water partition coefficient (Wildman–Crippen LogP) is 2.69. The number of hydrogen-bond donors (Lipinski definition) is 0. The van der Waals surface area contributed by atoms with E-state index < -0.39 is 0 Å². The summed E-state index contributed by atoms with van der Waals surface area (Å²) >= 11 is 7.96. The summed E-state index contributed by atoms with van der Waals surface area (Å²) in [5.41, 5.74) is 2.19. The number of nitrogens with zero attached hydrogens (tertiary/aromatic N) is 3. The zero-order chi connectivity index (χ0) is 11.7. The Hall–Kier alpha value is -0.480. The molecule has 5 heteroatoms. The Morgan fingerprint density at radius 1 is 1.31 bits per heavy atom. The van der Waals surface area contributed by atoms with Crippen LogP contribution in [0.1, 0.15) is 18.1 Å². The number of anilines is 1. The van der Waals surface area contributed by atoms with Crippen molar-refractivity contribution in [3.63, 3.8) is 0 Å². The molecule has 0 radical (unpaired) electrons. The standard InChI is InChI=1S/C11H16ClN3S/c1-7-6-16-5-4-15(7)11-9(3)8(2)10(12)13-14-11/h7H,4-6H2,1-3H3. The van der Waals surface area contributed by atoms with E-state index in [1.165, 1.54) is 0 Å². The summed E-state index contributed by atoms with van der Waals surface area (Å²) in [7, 11) is 0. The zero-order valence-corrected chi connectivity index (χ0v) is 11.4. The zero-order valence-electron chi connectivity index (χ0n) is 9.83. The van der Waals surface area contributed by atoms with Gasteiger partial charge in [0.15, 0.2) is 11.0 Å². The molecule has 2 heterocycles. The minimum absolute atomic E-state index is 0.514. The lowest BCUT2D eigenvalue weighted by molar-refractivity contribution is 0.679. The summed E-state index contributed by atoms with van der Waals surface area (Å²) in [5, 5.41) is 8.78. The topological polar surface area (TPSA) is 29.0 Å². The molecule has 1 saturated heterocycles. The molecule has 1 unspecified atom stereocenters. The first kappa shape index (κ1) is 12.0. The summed E-state index contributed by atoms with van der Waals surface area (Å²) in [6.45, 7) is 7.35. The highest BCUT2D eigenvalue weighted by molar-refractivity contribution is 7.99. The van der Waals surface area contributed by atoms with Gasteiger partial charge in [-0.1, -0.05) is 11.6 Å². The molecule has 1 aliphatic rings. The van der Waals surface area contributed by atoms with Crippen LogP contribution in [0, 0.1) is 13.8 Å². The first-order valence-electron chi connectivity index (χ1n) is 5.45. The van der Waals surface area contributed by atoms with Crippen LogP contribution in [-0.4, -0.2) is 34.3 Å². The largest absolute Gasteiger partial charge is 0.351 e. The van der Waals surface area contributed by atoms with Crippen molar-refractivity contribution in [2.24, 2.45) is 0 Å². The fraction of sp³-hybridized carbons (Fsp3) is 0.636. The van der Waals surface area contributed by atoms with Crippen LogP contribution >= 0.6 is 23.4 Å². The molecule has 0 bridgehead atoms. The van der Waals surface area contributed by atoms with Gasteiger partial charge in [-0.2, -0.15) is 11.8 Å². The molecule has 0 aromatic carbocycles. The third-order valence-corrected chi connectivity index (χ3v) is 4.63. The Kier molecular flexibility index (Phi) is 3.60. The maximum atomic E-state index is 5.96. The van der Waals surface area contributed by atoms with Crippen molar-refractivity contribution >= 4 is 29.2 Å². The molecule has 0 amide bonds. The molecule has 2 rings (SSSR count). The SMILES string of the molecule is Cc1c(Cl)nnc(N2CCSCC2C)c1C. The molecule has 0 spiro atoms. The summed E-state index contributed by atoms with van der Waals surface area (Å²) in [6, 6.07) is 0.521. The predicted molar refractivity (Wildman–Crippen MR) is 70.6 cm³/mol. The van der Waals surface area contributed by atoms with Crippen molar-refractivity contribution < 1.29 is 0 Å². The average Bonchev–Trinajstić information content (AvgIpc) is 2.28. The van der Waals surface area contributed by atoms with Crippen LogP contribution in [0.4, 0.5) is 5.82 Å². The normalized spacial score (nSPS) is 21.2. The second-order valence-electron chi connectivity index (χ2n) is 4.18. The second kappa shape index (κ2) is 4.80. The van der Waals surface area contributed by atoms with Gasteiger partial charge in [-0.15, -0.1) is 10.2 Å². The molecule has 0 saturated carbocycles. The van der Waals surface area contributed by atoms with Crippen LogP contribution < -0.4 is 4.90 Å². The van der Waals surface area contributed by atoms with Gasteiger partial charge < -0.3 is 4.90 Å². The van der Waals surface area contributed by atoms with Crippen molar-refractivity contribution in [1.82, 2.24) is 10.2 Å². The molecule has 0 aliphatic carbocycles. The first-order valence-corrected chi connectivity index (χ1v) is 6.98. The van der Waals surface area contributed by atoms with Gasteiger partial charge in [0.05, 0.1) is 0 Å². The number of halogens is 1. The Morgan fingerprint density at radius 2 is 2.06 bits per heavy atom. The second-order valence-corrected chi connectivity index (χ2v) is 5.69. The highest BCUT2D eigenvalue weighted by Gasteiger charge is 2.22. The van der Waals surface area contributed by atoms with Crippen molar-refractivity contribution in [2.75, 3.05) is 23.0 Å². The van der Waals surface area contributed by atoms with Gasteiger partial charge in [-0.3, -0.25) is 0 Å². The van der Waals surface area contributed by atoms with Gasteiger partial charge in [-0.05, 0) is 31.9 Å². The fourth-order valence-electron chi connectivity index (χ4n) is 1.88. The van der Waals surface area contributed by atoms with Gasteiger partial charge in [0.2, 0.25) is 0 Å². The third kappa shape index (κ3) is 2.13. The molecule has 88 valence electrons. The minimum Gasteiger partial charge on any atom is -0.351 e. The molecule has 1 aromatic heterocycles. The highest BCUT2D eigenvalue weighted by atomic mass is 35.5. The van der Waals surface area contributed by atoms with E-state index in [4.69, 9.17) is 11.6 Å². The van der Waals surface area contributed by atoms with E-state index in [0.29, 0.717) is 11.2 Å². The number of rotatable bonds is 1. The number of aromatic nitrogens is 2. The van der Waals surface area contributed by atoms with Crippen LogP contribution in [0.25, 0.3) is 0 Å². The third-order valence-electron chi connectivity index (χ3n) is 3.08.